The van der Waals surface area contributed by atoms with Crippen LogP contribution >= 0.6 is 0 Å². The van der Waals surface area contributed by atoms with Crippen LogP contribution < -0.4 is 5.11 Å². The van der Waals surface area contributed by atoms with E-state index in [1.807, 2.05) is 60.7 Å². The summed E-state index contributed by atoms with van der Waals surface area (Å²) < 4.78 is 5.43. The number of hydrogen-bond acceptors (Lipinski definition) is 4. The van der Waals surface area contributed by atoms with Gasteiger partial charge in [0, 0.05) is 23.7 Å². The summed E-state index contributed by atoms with van der Waals surface area (Å²) in [6.07, 6.45) is -0.248. The Morgan fingerprint density at radius 2 is 1.28 bits per heavy atom. The zero-order valence-electron chi connectivity index (χ0n) is 14.3. The fraction of sp³-hybridized carbons (Fsp3) is 0.333. The number of carbonyl (C=O) groups excluding carboxylic acids is 2. The number of ether oxygens (including phenoxy) is 1. The summed E-state index contributed by atoms with van der Waals surface area (Å²) in [5.74, 6) is -3.65. The Morgan fingerprint density at radius 1 is 0.840 bits per heavy atom. The van der Waals surface area contributed by atoms with Gasteiger partial charge in [-0.3, -0.25) is 4.79 Å². The maximum atomic E-state index is 12.7. The smallest absolute Gasteiger partial charge is 0.310 e. The van der Waals surface area contributed by atoms with Crippen LogP contribution in [0.1, 0.15) is 36.8 Å². The Hall–Kier alpha value is -2.62. The first-order chi connectivity index (χ1) is 12.0. The molecule has 2 aromatic rings. The first-order valence-corrected chi connectivity index (χ1v) is 8.52. The standard InChI is InChI=1S/C21H22O4/c1-13(2)25-21(24)19-16(14-9-5-3-6-10-14)18(20(22)23)17(19)15-11-7-4-8-12-15/h3-13,16-19H,1-2H3,(H,22,23)/p-1/t16-,17-,18?,19?/m0/s1. The van der Waals surface area contributed by atoms with Gasteiger partial charge in [0.25, 0.3) is 0 Å². The van der Waals surface area contributed by atoms with Crippen LogP contribution in [-0.4, -0.2) is 18.0 Å². The average molecular weight is 337 g/mol. The lowest BCUT2D eigenvalue weighted by molar-refractivity contribution is -0.317. The molecule has 0 spiro atoms. The number of benzene rings is 2. The minimum atomic E-state index is -1.13. The second-order valence-electron chi connectivity index (χ2n) is 6.73. The van der Waals surface area contributed by atoms with E-state index in [0.29, 0.717) is 0 Å². The van der Waals surface area contributed by atoms with Crippen molar-refractivity contribution in [1.29, 1.82) is 0 Å². The van der Waals surface area contributed by atoms with Gasteiger partial charge in [0.05, 0.1) is 12.0 Å². The summed E-state index contributed by atoms with van der Waals surface area (Å²) in [5.41, 5.74) is 1.66. The first-order valence-electron chi connectivity index (χ1n) is 8.52. The lowest BCUT2D eigenvalue weighted by Gasteiger charge is -2.51. The third-order valence-electron chi connectivity index (χ3n) is 4.81. The summed E-state index contributed by atoms with van der Waals surface area (Å²) in [6.45, 7) is 3.59. The Kier molecular flexibility index (Phi) is 4.88. The van der Waals surface area contributed by atoms with Crippen LogP contribution in [-0.2, 0) is 14.3 Å². The monoisotopic (exact) mass is 337 g/mol. The second-order valence-corrected chi connectivity index (χ2v) is 6.73. The van der Waals surface area contributed by atoms with Crippen molar-refractivity contribution in [3.8, 4) is 0 Å². The van der Waals surface area contributed by atoms with E-state index in [-0.39, 0.29) is 12.1 Å². The van der Waals surface area contributed by atoms with E-state index >= 15 is 0 Å². The predicted octanol–water partition coefficient (Wildman–Crippen LogP) is 2.50. The van der Waals surface area contributed by atoms with E-state index in [9.17, 15) is 14.7 Å². The van der Waals surface area contributed by atoms with Crippen LogP contribution in [0.25, 0.3) is 0 Å². The fourth-order valence-corrected chi connectivity index (χ4v) is 3.83. The number of hydrogen-bond donors (Lipinski definition) is 0. The molecule has 0 aliphatic heterocycles. The van der Waals surface area contributed by atoms with E-state index in [2.05, 4.69) is 0 Å². The highest BCUT2D eigenvalue weighted by atomic mass is 16.5. The zero-order chi connectivity index (χ0) is 18.0. The number of carbonyl (C=O) groups is 2. The molecule has 1 fully saturated rings. The molecule has 4 nitrogen and oxygen atoms in total. The van der Waals surface area contributed by atoms with Gasteiger partial charge in [-0.15, -0.1) is 0 Å². The molecular formula is C21H21O4-. The molecule has 2 atom stereocenters. The largest absolute Gasteiger partial charge is 0.550 e. The Bertz CT molecular complexity index is 692. The van der Waals surface area contributed by atoms with Crippen molar-refractivity contribution in [2.75, 3.05) is 0 Å². The molecule has 1 aliphatic rings. The predicted molar refractivity (Wildman–Crippen MR) is 91.6 cm³/mol. The highest BCUT2D eigenvalue weighted by Gasteiger charge is 2.56. The van der Waals surface area contributed by atoms with E-state index < -0.39 is 29.6 Å². The van der Waals surface area contributed by atoms with Crippen LogP contribution in [0.4, 0.5) is 0 Å². The first kappa shape index (κ1) is 17.2. The number of carboxylic acids is 1. The van der Waals surface area contributed by atoms with Gasteiger partial charge in [0.2, 0.25) is 0 Å². The van der Waals surface area contributed by atoms with Crippen molar-refractivity contribution in [1.82, 2.24) is 0 Å². The van der Waals surface area contributed by atoms with Gasteiger partial charge in [-0.05, 0) is 25.0 Å². The molecule has 0 amide bonds. The van der Waals surface area contributed by atoms with Gasteiger partial charge in [0.1, 0.15) is 0 Å². The van der Waals surface area contributed by atoms with Gasteiger partial charge in [0.15, 0.2) is 0 Å². The van der Waals surface area contributed by atoms with Crippen molar-refractivity contribution in [3.63, 3.8) is 0 Å². The molecular weight excluding hydrogens is 316 g/mol. The molecule has 4 heteroatoms. The van der Waals surface area contributed by atoms with Crippen molar-refractivity contribution < 1.29 is 19.4 Å². The highest BCUT2D eigenvalue weighted by Crippen LogP contribution is 2.57. The minimum Gasteiger partial charge on any atom is -0.550 e. The summed E-state index contributed by atoms with van der Waals surface area (Å²) in [4.78, 5) is 24.6. The molecule has 0 N–H and O–H groups in total. The van der Waals surface area contributed by atoms with E-state index in [1.165, 1.54) is 0 Å². The van der Waals surface area contributed by atoms with Gasteiger partial charge < -0.3 is 14.6 Å². The quantitative estimate of drug-likeness (QED) is 0.786. The van der Waals surface area contributed by atoms with Gasteiger partial charge >= 0.3 is 5.97 Å². The summed E-state index contributed by atoms with van der Waals surface area (Å²) in [6, 6.07) is 18.6. The topological polar surface area (TPSA) is 66.4 Å². The Labute approximate surface area is 147 Å². The minimum absolute atomic E-state index is 0.248. The average Bonchev–Trinajstić information content (AvgIpc) is 2.55. The Balaban J connectivity index is 2.03. The summed E-state index contributed by atoms with van der Waals surface area (Å²) >= 11 is 0. The number of carboxylic acid groups (broad SMARTS) is 1. The zero-order valence-corrected chi connectivity index (χ0v) is 14.3. The maximum Gasteiger partial charge on any atom is 0.310 e. The van der Waals surface area contributed by atoms with Crippen molar-refractivity contribution in [2.45, 2.75) is 31.8 Å². The third-order valence-corrected chi connectivity index (χ3v) is 4.81. The lowest BCUT2D eigenvalue weighted by Crippen LogP contribution is -2.55. The van der Waals surface area contributed by atoms with Crippen molar-refractivity contribution in [3.05, 3.63) is 71.8 Å². The second kappa shape index (κ2) is 7.09. The molecule has 2 aromatic carbocycles. The number of rotatable bonds is 5. The van der Waals surface area contributed by atoms with Crippen molar-refractivity contribution >= 4 is 11.9 Å². The maximum absolute atomic E-state index is 12.7. The molecule has 25 heavy (non-hydrogen) atoms. The fourth-order valence-electron chi connectivity index (χ4n) is 3.83. The van der Waals surface area contributed by atoms with Crippen LogP contribution in [0.5, 0.6) is 0 Å². The molecule has 0 radical (unpaired) electrons. The van der Waals surface area contributed by atoms with Crippen LogP contribution in [0.2, 0.25) is 0 Å². The van der Waals surface area contributed by atoms with Gasteiger partial charge in [-0.25, -0.2) is 0 Å². The van der Waals surface area contributed by atoms with Gasteiger partial charge in [-0.2, -0.15) is 0 Å². The molecule has 0 aromatic heterocycles. The van der Waals surface area contributed by atoms with Crippen molar-refractivity contribution in [2.24, 2.45) is 11.8 Å². The van der Waals surface area contributed by atoms with Gasteiger partial charge in [-0.1, -0.05) is 60.7 Å². The summed E-state index contributed by atoms with van der Waals surface area (Å²) in [7, 11) is 0. The normalized spacial score (nSPS) is 25.2. The molecule has 1 aliphatic carbocycles. The van der Waals surface area contributed by atoms with E-state index in [0.717, 1.165) is 11.1 Å². The molecule has 3 rings (SSSR count). The Morgan fingerprint density at radius 3 is 1.64 bits per heavy atom. The van der Waals surface area contributed by atoms with Crippen LogP contribution in [0.15, 0.2) is 60.7 Å². The lowest BCUT2D eigenvalue weighted by atomic mass is 9.52. The van der Waals surface area contributed by atoms with Crippen LogP contribution in [0, 0.1) is 11.8 Å². The van der Waals surface area contributed by atoms with E-state index in [4.69, 9.17) is 4.74 Å². The van der Waals surface area contributed by atoms with E-state index in [1.54, 1.807) is 13.8 Å². The molecule has 0 saturated heterocycles. The number of esters is 1. The SMILES string of the molecule is CC(C)OC(=O)C1[C@@H](c2ccccc2)C(C(=O)[O-])[C@@H]1c1ccccc1. The molecule has 130 valence electrons. The molecule has 1 saturated carbocycles. The summed E-state index contributed by atoms with van der Waals surface area (Å²) in [5, 5.41) is 11.9. The third kappa shape index (κ3) is 3.29. The molecule has 0 unspecified atom stereocenters. The molecule has 0 bridgehead atoms. The van der Waals surface area contributed by atoms with Crippen LogP contribution in [0.3, 0.4) is 0 Å². The highest BCUT2D eigenvalue weighted by molar-refractivity contribution is 5.83. The number of aliphatic carboxylic acids is 1. The molecule has 0 heterocycles.